The summed E-state index contributed by atoms with van der Waals surface area (Å²) in [5.74, 6) is 0. The van der Waals surface area contributed by atoms with Crippen LogP contribution in [-0.4, -0.2) is 24.4 Å². The first-order chi connectivity index (χ1) is 6.91. The van der Waals surface area contributed by atoms with Gasteiger partial charge in [-0.15, -0.1) is 0 Å². The van der Waals surface area contributed by atoms with E-state index < -0.39 is 0 Å². The smallest absolute Gasteiger partial charge is 0.0319 e. The fourth-order valence-electron chi connectivity index (χ4n) is 1.21. The lowest BCUT2D eigenvalue weighted by molar-refractivity contribution is 0.399. The standard InChI is InChI=1S/C10H22.2CH4O/c1-3-5-7-9-10-8-6-4-2;2*1-2/h3-10H2,1-2H3;2*2H,1H3. The number of hydrogen-bond acceptors (Lipinski definition) is 2. The molecule has 0 saturated heterocycles. The molecular formula is C12H30O2. The Bertz CT molecular complexity index is 48.3. The van der Waals surface area contributed by atoms with E-state index in [0.717, 1.165) is 14.2 Å². The van der Waals surface area contributed by atoms with Crippen LogP contribution in [0.2, 0.25) is 0 Å². The van der Waals surface area contributed by atoms with E-state index in [-0.39, 0.29) is 0 Å². The van der Waals surface area contributed by atoms with Crippen LogP contribution in [0.25, 0.3) is 0 Å². The molecule has 0 heterocycles. The highest BCUT2D eigenvalue weighted by Gasteiger charge is 1.87. The lowest BCUT2D eigenvalue weighted by atomic mass is 10.1. The molecule has 0 radical (unpaired) electrons. The molecule has 0 aliphatic rings. The van der Waals surface area contributed by atoms with Crippen molar-refractivity contribution in [3.8, 4) is 0 Å². The van der Waals surface area contributed by atoms with Crippen molar-refractivity contribution in [3.05, 3.63) is 0 Å². The van der Waals surface area contributed by atoms with Gasteiger partial charge in [0.15, 0.2) is 0 Å². The number of aliphatic hydroxyl groups is 2. The van der Waals surface area contributed by atoms with Gasteiger partial charge >= 0.3 is 0 Å². The Hall–Kier alpha value is -0.0800. The van der Waals surface area contributed by atoms with Crippen LogP contribution in [0.4, 0.5) is 0 Å². The molecular weight excluding hydrogens is 176 g/mol. The predicted octanol–water partition coefficient (Wildman–Crippen LogP) is 3.36. The summed E-state index contributed by atoms with van der Waals surface area (Å²) in [5.41, 5.74) is 0. The monoisotopic (exact) mass is 206 g/mol. The quantitative estimate of drug-likeness (QED) is 0.627. The van der Waals surface area contributed by atoms with Crippen LogP contribution in [0.1, 0.15) is 65.2 Å². The second kappa shape index (κ2) is 29.3. The van der Waals surface area contributed by atoms with E-state index in [1.54, 1.807) is 0 Å². The zero-order chi connectivity index (χ0) is 11.7. The summed E-state index contributed by atoms with van der Waals surface area (Å²) in [6.45, 7) is 4.54. The average Bonchev–Trinajstić information content (AvgIpc) is 2.29. The van der Waals surface area contributed by atoms with Crippen molar-refractivity contribution in [3.63, 3.8) is 0 Å². The minimum Gasteiger partial charge on any atom is -0.400 e. The molecule has 0 aromatic heterocycles. The van der Waals surface area contributed by atoms with Crippen molar-refractivity contribution >= 4 is 0 Å². The minimum atomic E-state index is 1.00. The molecule has 2 nitrogen and oxygen atoms in total. The maximum Gasteiger partial charge on any atom is 0.0319 e. The zero-order valence-electron chi connectivity index (χ0n) is 10.6. The largest absolute Gasteiger partial charge is 0.400 e. The first-order valence-electron chi connectivity index (χ1n) is 5.81. The van der Waals surface area contributed by atoms with Crippen molar-refractivity contribution in [2.75, 3.05) is 14.2 Å². The van der Waals surface area contributed by atoms with Crippen molar-refractivity contribution in [1.29, 1.82) is 0 Å². The van der Waals surface area contributed by atoms with Crippen LogP contribution in [0.5, 0.6) is 0 Å². The van der Waals surface area contributed by atoms with Crippen LogP contribution in [0.15, 0.2) is 0 Å². The van der Waals surface area contributed by atoms with Crippen molar-refractivity contribution in [2.24, 2.45) is 0 Å². The molecule has 2 heteroatoms. The van der Waals surface area contributed by atoms with Gasteiger partial charge in [0.25, 0.3) is 0 Å². The minimum absolute atomic E-state index is 1.00. The Morgan fingerprint density at radius 3 is 0.929 bits per heavy atom. The molecule has 2 N–H and O–H groups in total. The summed E-state index contributed by atoms with van der Waals surface area (Å²) < 4.78 is 0. The Kier molecular flexibility index (Phi) is 40.7. The third kappa shape index (κ3) is 29.7. The molecule has 0 bridgehead atoms. The molecule has 0 aromatic rings. The summed E-state index contributed by atoms with van der Waals surface area (Å²) in [7, 11) is 2.00. The highest BCUT2D eigenvalue weighted by atomic mass is 16.2. The fourth-order valence-corrected chi connectivity index (χ4v) is 1.21. The summed E-state index contributed by atoms with van der Waals surface area (Å²) in [5, 5.41) is 14.0. The highest BCUT2D eigenvalue weighted by Crippen LogP contribution is 2.07. The maximum absolute atomic E-state index is 7.00. The van der Waals surface area contributed by atoms with E-state index >= 15 is 0 Å². The number of rotatable bonds is 7. The summed E-state index contributed by atoms with van der Waals surface area (Å²) >= 11 is 0. The van der Waals surface area contributed by atoms with E-state index in [2.05, 4.69) is 13.8 Å². The van der Waals surface area contributed by atoms with E-state index in [0.29, 0.717) is 0 Å². The van der Waals surface area contributed by atoms with Gasteiger partial charge in [-0.05, 0) is 0 Å². The third-order valence-electron chi connectivity index (χ3n) is 1.96. The Morgan fingerprint density at radius 1 is 0.500 bits per heavy atom. The molecule has 0 saturated carbocycles. The van der Waals surface area contributed by atoms with Gasteiger partial charge in [-0.2, -0.15) is 0 Å². The summed E-state index contributed by atoms with van der Waals surface area (Å²) in [4.78, 5) is 0. The van der Waals surface area contributed by atoms with Crippen LogP contribution in [0, 0.1) is 0 Å². The molecule has 0 spiro atoms. The van der Waals surface area contributed by atoms with E-state index in [1.807, 2.05) is 0 Å². The molecule has 0 rings (SSSR count). The topological polar surface area (TPSA) is 40.5 Å². The average molecular weight is 206 g/mol. The normalized spacial score (nSPS) is 8.14. The van der Waals surface area contributed by atoms with Crippen LogP contribution in [0.3, 0.4) is 0 Å². The number of hydrogen-bond donors (Lipinski definition) is 2. The maximum atomic E-state index is 7.00. The van der Waals surface area contributed by atoms with Gasteiger partial charge in [-0.25, -0.2) is 0 Å². The SMILES string of the molecule is CCCCCCCCCC.CO.CO. The van der Waals surface area contributed by atoms with Crippen LogP contribution < -0.4 is 0 Å². The molecule has 14 heavy (non-hydrogen) atoms. The molecule has 0 aliphatic heterocycles. The Balaban J connectivity index is -0.000000266. The highest BCUT2D eigenvalue weighted by molar-refractivity contribution is 4.43. The molecule has 0 amide bonds. The third-order valence-corrected chi connectivity index (χ3v) is 1.96. The van der Waals surface area contributed by atoms with E-state index in [4.69, 9.17) is 10.2 Å². The van der Waals surface area contributed by atoms with Gasteiger partial charge in [0.2, 0.25) is 0 Å². The molecule has 0 aliphatic carbocycles. The van der Waals surface area contributed by atoms with Gasteiger partial charge < -0.3 is 10.2 Å². The van der Waals surface area contributed by atoms with Crippen molar-refractivity contribution in [1.82, 2.24) is 0 Å². The van der Waals surface area contributed by atoms with Crippen molar-refractivity contribution in [2.45, 2.75) is 65.2 Å². The Labute approximate surface area is 90.4 Å². The van der Waals surface area contributed by atoms with Crippen LogP contribution >= 0.6 is 0 Å². The second-order valence-corrected chi connectivity index (χ2v) is 3.12. The van der Waals surface area contributed by atoms with Gasteiger partial charge in [0.05, 0.1) is 0 Å². The van der Waals surface area contributed by atoms with Gasteiger partial charge in [0.1, 0.15) is 0 Å². The van der Waals surface area contributed by atoms with E-state index in [1.165, 1.54) is 51.4 Å². The molecule has 0 aromatic carbocycles. The summed E-state index contributed by atoms with van der Waals surface area (Å²) in [6.07, 6.45) is 11.5. The molecule has 0 unspecified atom stereocenters. The van der Waals surface area contributed by atoms with E-state index in [9.17, 15) is 0 Å². The molecule has 0 atom stereocenters. The van der Waals surface area contributed by atoms with Crippen LogP contribution in [-0.2, 0) is 0 Å². The zero-order valence-corrected chi connectivity index (χ0v) is 10.6. The Morgan fingerprint density at radius 2 is 0.714 bits per heavy atom. The first-order valence-corrected chi connectivity index (χ1v) is 5.81. The molecule has 90 valence electrons. The lowest BCUT2D eigenvalue weighted by Gasteiger charge is -1.97. The fraction of sp³-hybridized carbons (Fsp3) is 1.00. The summed E-state index contributed by atoms with van der Waals surface area (Å²) in [6, 6.07) is 0. The second-order valence-electron chi connectivity index (χ2n) is 3.12. The molecule has 0 fully saturated rings. The van der Waals surface area contributed by atoms with Gasteiger partial charge in [-0.1, -0.05) is 65.2 Å². The predicted molar refractivity (Wildman–Crippen MR) is 64.6 cm³/mol. The first kappa shape index (κ1) is 19.5. The lowest BCUT2D eigenvalue weighted by Crippen LogP contribution is -1.77. The van der Waals surface area contributed by atoms with Gasteiger partial charge in [0, 0.05) is 14.2 Å². The van der Waals surface area contributed by atoms with Gasteiger partial charge in [-0.3, -0.25) is 0 Å². The number of aliphatic hydroxyl groups excluding tert-OH is 2. The number of unbranched alkanes of at least 4 members (excludes halogenated alkanes) is 7. The van der Waals surface area contributed by atoms with Crippen molar-refractivity contribution < 1.29 is 10.2 Å².